The van der Waals surface area contributed by atoms with Gasteiger partial charge in [-0.3, -0.25) is 4.79 Å². The molecule has 34 heavy (non-hydrogen) atoms. The number of hydrogen-bond acceptors (Lipinski definition) is 6. The summed E-state index contributed by atoms with van der Waals surface area (Å²) in [6.45, 7) is 3.13. The average Bonchev–Trinajstić information content (AvgIpc) is 3.25. The maximum absolute atomic E-state index is 14.8. The van der Waals surface area contributed by atoms with Crippen LogP contribution in [-0.2, 0) is 0 Å². The molecule has 1 saturated heterocycles. The van der Waals surface area contributed by atoms with E-state index in [1.807, 2.05) is 4.90 Å². The predicted octanol–water partition coefficient (Wildman–Crippen LogP) is 5.43. The van der Waals surface area contributed by atoms with Gasteiger partial charge in [-0.2, -0.15) is 4.98 Å². The van der Waals surface area contributed by atoms with E-state index >= 15 is 0 Å². The van der Waals surface area contributed by atoms with Crippen molar-refractivity contribution in [3.8, 4) is 11.4 Å². The molecule has 4 aromatic rings. The molecule has 0 bridgehead atoms. The molecule has 174 valence electrons. The second-order valence-corrected chi connectivity index (χ2v) is 8.87. The van der Waals surface area contributed by atoms with Gasteiger partial charge < -0.3 is 14.6 Å². The van der Waals surface area contributed by atoms with Crippen LogP contribution in [0.3, 0.4) is 0 Å². The molecule has 1 amide bonds. The minimum absolute atomic E-state index is 0.119. The Labute approximate surface area is 201 Å². The molecule has 0 saturated carbocycles. The number of carbonyl (C=O) groups excluding carboxylic acids is 1. The number of rotatable bonds is 5. The van der Waals surface area contributed by atoms with Gasteiger partial charge in [0.2, 0.25) is 0 Å². The number of carbonyl (C=O) groups is 1. The highest BCUT2D eigenvalue weighted by molar-refractivity contribution is 6.31. The third-order valence-electron chi connectivity index (χ3n) is 6.22. The fraction of sp³-hybridized carbons (Fsp3) is 0.280. The lowest BCUT2D eigenvalue weighted by Crippen LogP contribution is -2.51. The van der Waals surface area contributed by atoms with E-state index in [2.05, 4.69) is 27.2 Å². The molecule has 2 aromatic heterocycles. The number of benzene rings is 2. The van der Waals surface area contributed by atoms with E-state index in [-0.39, 0.29) is 34.8 Å². The molecule has 3 heterocycles. The molecule has 0 spiro atoms. The monoisotopic (exact) mass is 479 g/mol. The first-order valence-corrected chi connectivity index (χ1v) is 11.6. The van der Waals surface area contributed by atoms with Crippen molar-refractivity contribution < 1.29 is 13.6 Å². The number of piperidine rings is 1. The summed E-state index contributed by atoms with van der Waals surface area (Å²) in [5.74, 6) is -0.352. The summed E-state index contributed by atoms with van der Waals surface area (Å²) in [5.41, 5.74) is 1.66. The van der Waals surface area contributed by atoms with Gasteiger partial charge in [-0.25, -0.2) is 14.4 Å². The standard InChI is InChI=1S/C25H23ClFN5O2/c1-15-5-3-12-32(20(15)14-30-25-31-19-9-8-16(26)13-21(19)34-25)24(33)17-6-2-7-18(27)22(17)23-28-10-4-11-29-23/h2,4,6-11,13,15,20H,3,5,12,14H2,1H3,(H,30,31). The minimum atomic E-state index is -0.526. The van der Waals surface area contributed by atoms with Gasteiger partial charge in [0.1, 0.15) is 11.3 Å². The molecule has 1 aliphatic rings. The molecule has 2 unspecified atom stereocenters. The summed E-state index contributed by atoms with van der Waals surface area (Å²) in [6, 6.07) is 11.6. The number of nitrogens with zero attached hydrogens (tertiary/aromatic N) is 4. The summed E-state index contributed by atoms with van der Waals surface area (Å²) in [4.78, 5) is 28.3. The fourth-order valence-electron chi connectivity index (χ4n) is 4.49. The SMILES string of the molecule is CC1CCCN(C(=O)c2cccc(F)c2-c2ncccn2)C1CNc1nc2ccc(Cl)cc2o1. The van der Waals surface area contributed by atoms with Crippen LogP contribution in [0, 0.1) is 11.7 Å². The molecule has 1 fully saturated rings. The van der Waals surface area contributed by atoms with Crippen LogP contribution in [0.2, 0.25) is 5.02 Å². The van der Waals surface area contributed by atoms with Crippen LogP contribution >= 0.6 is 11.6 Å². The average molecular weight is 480 g/mol. The third-order valence-corrected chi connectivity index (χ3v) is 6.46. The van der Waals surface area contributed by atoms with Crippen LogP contribution in [-0.4, -0.2) is 44.9 Å². The van der Waals surface area contributed by atoms with Crippen LogP contribution in [0.1, 0.15) is 30.1 Å². The van der Waals surface area contributed by atoms with Crippen molar-refractivity contribution >= 4 is 34.6 Å². The van der Waals surface area contributed by atoms with Gasteiger partial charge in [0.05, 0.1) is 17.2 Å². The molecule has 2 atom stereocenters. The second-order valence-electron chi connectivity index (χ2n) is 8.43. The Morgan fingerprint density at radius 3 is 2.88 bits per heavy atom. The Morgan fingerprint density at radius 2 is 2.06 bits per heavy atom. The van der Waals surface area contributed by atoms with E-state index in [4.69, 9.17) is 16.0 Å². The lowest BCUT2D eigenvalue weighted by Gasteiger charge is -2.40. The normalized spacial score (nSPS) is 18.3. The number of nitrogens with one attached hydrogen (secondary N) is 1. The number of likely N-dealkylation sites (tertiary alicyclic amines) is 1. The first kappa shape index (κ1) is 22.3. The first-order valence-electron chi connectivity index (χ1n) is 11.2. The number of amides is 1. The van der Waals surface area contributed by atoms with Crippen molar-refractivity contribution in [3.05, 3.63) is 71.3 Å². The van der Waals surface area contributed by atoms with Crippen LogP contribution < -0.4 is 5.32 Å². The number of oxazole rings is 1. The van der Waals surface area contributed by atoms with E-state index in [1.165, 1.54) is 18.5 Å². The minimum Gasteiger partial charge on any atom is -0.424 e. The van der Waals surface area contributed by atoms with Gasteiger partial charge in [0, 0.05) is 36.6 Å². The Morgan fingerprint density at radius 1 is 1.24 bits per heavy atom. The number of anilines is 1. The highest BCUT2D eigenvalue weighted by Gasteiger charge is 2.34. The Hall–Kier alpha value is -3.52. The van der Waals surface area contributed by atoms with E-state index in [9.17, 15) is 9.18 Å². The summed E-state index contributed by atoms with van der Waals surface area (Å²) in [5, 5.41) is 3.80. The predicted molar refractivity (Wildman–Crippen MR) is 128 cm³/mol. The zero-order chi connectivity index (χ0) is 23.7. The smallest absolute Gasteiger partial charge is 0.295 e. The van der Waals surface area contributed by atoms with Gasteiger partial charge in [-0.05, 0) is 49.1 Å². The summed E-state index contributed by atoms with van der Waals surface area (Å²) in [7, 11) is 0. The quantitative estimate of drug-likeness (QED) is 0.411. The molecule has 1 aliphatic heterocycles. The molecule has 7 nitrogen and oxygen atoms in total. The first-order chi connectivity index (χ1) is 16.5. The zero-order valence-electron chi connectivity index (χ0n) is 18.5. The fourth-order valence-corrected chi connectivity index (χ4v) is 4.65. The molecule has 0 radical (unpaired) electrons. The van der Waals surface area contributed by atoms with Crippen molar-refractivity contribution in [3.63, 3.8) is 0 Å². The topological polar surface area (TPSA) is 84.2 Å². The van der Waals surface area contributed by atoms with E-state index in [0.717, 1.165) is 12.8 Å². The van der Waals surface area contributed by atoms with Crippen molar-refractivity contribution in [2.24, 2.45) is 5.92 Å². The van der Waals surface area contributed by atoms with Crippen LogP contribution in [0.4, 0.5) is 10.4 Å². The number of aromatic nitrogens is 3. The Balaban J connectivity index is 1.42. The molecule has 0 aliphatic carbocycles. The van der Waals surface area contributed by atoms with Crippen molar-refractivity contribution in [1.29, 1.82) is 0 Å². The van der Waals surface area contributed by atoms with Crippen LogP contribution in [0.25, 0.3) is 22.5 Å². The molecular formula is C25H23ClFN5O2. The summed E-state index contributed by atoms with van der Waals surface area (Å²) < 4.78 is 20.6. The van der Waals surface area contributed by atoms with Gasteiger partial charge >= 0.3 is 0 Å². The lowest BCUT2D eigenvalue weighted by atomic mass is 9.89. The third kappa shape index (κ3) is 4.33. The maximum Gasteiger partial charge on any atom is 0.295 e. The van der Waals surface area contributed by atoms with E-state index < -0.39 is 5.82 Å². The summed E-state index contributed by atoms with van der Waals surface area (Å²) in [6.07, 6.45) is 4.92. The lowest BCUT2D eigenvalue weighted by molar-refractivity contribution is 0.0539. The molecule has 9 heteroatoms. The number of fused-ring (bicyclic) bond motifs is 1. The Kier molecular flexibility index (Phi) is 6.15. The molecular weight excluding hydrogens is 457 g/mol. The summed E-state index contributed by atoms with van der Waals surface area (Å²) >= 11 is 6.04. The second kappa shape index (κ2) is 9.38. The Bertz CT molecular complexity index is 1330. The molecule has 2 aromatic carbocycles. The van der Waals surface area contributed by atoms with E-state index in [1.54, 1.807) is 36.4 Å². The molecule has 1 N–H and O–H groups in total. The van der Waals surface area contributed by atoms with Crippen LogP contribution in [0.15, 0.2) is 59.3 Å². The largest absolute Gasteiger partial charge is 0.424 e. The molecule has 5 rings (SSSR count). The number of halogens is 2. The van der Waals surface area contributed by atoms with Crippen molar-refractivity contribution in [2.45, 2.75) is 25.8 Å². The highest BCUT2D eigenvalue weighted by atomic mass is 35.5. The number of hydrogen-bond donors (Lipinski definition) is 1. The van der Waals surface area contributed by atoms with Gasteiger partial charge in [-0.1, -0.05) is 24.6 Å². The van der Waals surface area contributed by atoms with Crippen molar-refractivity contribution in [2.75, 3.05) is 18.4 Å². The maximum atomic E-state index is 14.8. The van der Waals surface area contributed by atoms with Gasteiger partial charge in [0.15, 0.2) is 11.4 Å². The van der Waals surface area contributed by atoms with Gasteiger partial charge in [-0.15, -0.1) is 0 Å². The zero-order valence-corrected chi connectivity index (χ0v) is 19.3. The van der Waals surface area contributed by atoms with Crippen molar-refractivity contribution in [1.82, 2.24) is 19.9 Å². The highest BCUT2D eigenvalue weighted by Crippen LogP contribution is 2.30. The van der Waals surface area contributed by atoms with E-state index in [0.29, 0.717) is 35.2 Å². The van der Waals surface area contributed by atoms with Gasteiger partial charge in [0.25, 0.3) is 11.9 Å². The van der Waals surface area contributed by atoms with Crippen LogP contribution in [0.5, 0.6) is 0 Å².